The van der Waals surface area contributed by atoms with Gasteiger partial charge in [0.15, 0.2) is 11.5 Å². The predicted molar refractivity (Wildman–Crippen MR) is 89.5 cm³/mol. The van der Waals surface area contributed by atoms with Crippen LogP contribution in [0.5, 0.6) is 11.5 Å². The lowest BCUT2D eigenvalue weighted by Crippen LogP contribution is -2.06. The molecule has 7 heteroatoms. The lowest BCUT2D eigenvalue weighted by atomic mass is 10.2. The monoisotopic (exact) mass is 432 g/mol. The van der Waals surface area contributed by atoms with E-state index in [2.05, 4.69) is 22.6 Å². The van der Waals surface area contributed by atoms with E-state index in [1.54, 1.807) is 12.1 Å². The van der Waals surface area contributed by atoms with E-state index in [9.17, 15) is 13.2 Å². The summed E-state index contributed by atoms with van der Waals surface area (Å²) in [6.07, 6.45) is 0.564. The summed E-state index contributed by atoms with van der Waals surface area (Å²) in [6, 6.07) is 9.12. The molecular formula is C15H13IO5S. The first-order valence-electron chi connectivity index (χ1n) is 6.16. The van der Waals surface area contributed by atoms with E-state index < -0.39 is 9.84 Å². The highest BCUT2D eigenvalue weighted by atomic mass is 127. The lowest BCUT2D eigenvalue weighted by molar-refractivity contribution is 0.112. The third kappa shape index (κ3) is 3.09. The first-order chi connectivity index (χ1) is 10.4. The van der Waals surface area contributed by atoms with Gasteiger partial charge in [-0.1, -0.05) is 0 Å². The topological polar surface area (TPSA) is 69.7 Å². The lowest BCUT2D eigenvalue weighted by Gasteiger charge is -2.14. The molecule has 5 nitrogen and oxygen atoms in total. The number of sulfone groups is 1. The molecule has 0 aliphatic heterocycles. The first kappa shape index (κ1) is 16.8. The minimum atomic E-state index is -3.83. The van der Waals surface area contributed by atoms with Crippen molar-refractivity contribution in [3.63, 3.8) is 0 Å². The molecule has 0 amide bonds. The van der Waals surface area contributed by atoms with Gasteiger partial charge in [0, 0.05) is 9.13 Å². The second kappa shape index (κ2) is 6.66. The molecular weight excluding hydrogens is 419 g/mol. The van der Waals surface area contributed by atoms with E-state index in [-0.39, 0.29) is 26.9 Å². The standard InChI is InChI=1S/C15H13IO5S/c1-20-13-7-10(9-17)8-14(15(13)21-2)22(18,19)12-5-3-11(16)4-6-12/h3-9H,1-2H3. The second-order valence-electron chi connectivity index (χ2n) is 4.33. The maximum absolute atomic E-state index is 12.8. The van der Waals surface area contributed by atoms with E-state index in [0.29, 0.717) is 6.29 Å². The molecule has 0 fully saturated rings. The van der Waals surface area contributed by atoms with Crippen molar-refractivity contribution in [3.05, 3.63) is 45.5 Å². The van der Waals surface area contributed by atoms with Gasteiger partial charge in [0.25, 0.3) is 0 Å². The molecule has 0 spiro atoms. The van der Waals surface area contributed by atoms with Crippen molar-refractivity contribution in [2.45, 2.75) is 9.79 Å². The Hall–Kier alpha value is -1.61. The van der Waals surface area contributed by atoms with Gasteiger partial charge in [0.05, 0.1) is 19.1 Å². The number of rotatable bonds is 5. The minimum absolute atomic E-state index is 0.0756. The molecule has 116 valence electrons. The predicted octanol–water partition coefficient (Wildman–Crippen LogP) is 2.95. The highest BCUT2D eigenvalue weighted by Gasteiger charge is 2.25. The van der Waals surface area contributed by atoms with Crippen molar-refractivity contribution in [2.75, 3.05) is 14.2 Å². The number of methoxy groups -OCH3 is 2. The van der Waals surface area contributed by atoms with Gasteiger partial charge >= 0.3 is 0 Å². The summed E-state index contributed by atoms with van der Waals surface area (Å²) in [5.74, 6) is 0.267. The van der Waals surface area contributed by atoms with Crippen LogP contribution in [0.25, 0.3) is 0 Å². The van der Waals surface area contributed by atoms with Gasteiger partial charge in [-0.15, -0.1) is 0 Å². The quantitative estimate of drug-likeness (QED) is 0.537. The van der Waals surface area contributed by atoms with Crippen LogP contribution in [0.2, 0.25) is 0 Å². The van der Waals surface area contributed by atoms with Gasteiger partial charge in [-0.05, 0) is 59.0 Å². The van der Waals surface area contributed by atoms with E-state index in [4.69, 9.17) is 9.47 Å². The van der Waals surface area contributed by atoms with Crippen molar-refractivity contribution in [1.82, 2.24) is 0 Å². The van der Waals surface area contributed by atoms with Gasteiger partial charge < -0.3 is 9.47 Å². The Morgan fingerprint density at radius 1 is 1.05 bits per heavy atom. The molecule has 2 rings (SSSR count). The summed E-state index contributed by atoms with van der Waals surface area (Å²) in [4.78, 5) is 11.1. The van der Waals surface area contributed by atoms with Crippen molar-refractivity contribution < 1.29 is 22.7 Å². The maximum Gasteiger partial charge on any atom is 0.210 e. The number of carbonyl (C=O) groups is 1. The highest BCUT2D eigenvalue weighted by Crippen LogP contribution is 2.38. The summed E-state index contributed by atoms with van der Waals surface area (Å²) in [5, 5.41) is 0. The Bertz CT molecular complexity index is 797. The smallest absolute Gasteiger partial charge is 0.210 e. The highest BCUT2D eigenvalue weighted by molar-refractivity contribution is 14.1. The van der Waals surface area contributed by atoms with Crippen LogP contribution < -0.4 is 9.47 Å². The van der Waals surface area contributed by atoms with Gasteiger partial charge in [-0.3, -0.25) is 4.79 Å². The Labute approximate surface area is 142 Å². The fourth-order valence-corrected chi connectivity index (χ4v) is 3.79. The summed E-state index contributed by atoms with van der Waals surface area (Å²) >= 11 is 2.09. The summed E-state index contributed by atoms with van der Waals surface area (Å²) in [5.41, 5.74) is 0.196. The molecule has 2 aromatic carbocycles. The average Bonchev–Trinajstić information content (AvgIpc) is 2.53. The molecule has 0 saturated carbocycles. The van der Waals surface area contributed by atoms with Gasteiger partial charge in [0.1, 0.15) is 11.2 Å². The molecule has 0 atom stereocenters. The van der Waals surface area contributed by atoms with E-state index in [1.165, 1.54) is 38.5 Å². The van der Waals surface area contributed by atoms with E-state index in [0.717, 1.165) is 3.57 Å². The van der Waals surface area contributed by atoms with Crippen LogP contribution in [-0.4, -0.2) is 28.9 Å². The van der Waals surface area contributed by atoms with Crippen LogP contribution >= 0.6 is 22.6 Å². The number of benzene rings is 2. The molecule has 0 unspecified atom stereocenters. The van der Waals surface area contributed by atoms with Crippen LogP contribution in [-0.2, 0) is 9.84 Å². The number of ether oxygens (including phenoxy) is 2. The number of carbonyl (C=O) groups excluding carboxylic acids is 1. The number of hydrogen-bond acceptors (Lipinski definition) is 5. The molecule has 22 heavy (non-hydrogen) atoms. The van der Waals surface area contributed by atoms with Gasteiger partial charge in [-0.2, -0.15) is 0 Å². The van der Waals surface area contributed by atoms with Crippen LogP contribution in [0, 0.1) is 3.57 Å². The first-order valence-corrected chi connectivity index (χ1v) is 8.72. The SMILES string of the molecule is COc1cc(C=O)cc(S(=O)(=O)c2ccc(I)cc2)c1OC. The molecule has 0 aromatic heterocycles. The molecule has 2 aromatic rings. The van der Waals surface area contributed by atoms with E-state index in [1.807, 2.05) is 0 Å². The van der Waals surface area contributed by atoms with E-state index >= 15 is 0 Å². The molecule has 0 aliphatic carbocycles. The summed E-state index contributed by atoms with van der Waals surface area (Å²) < 4.78 is 36.8. The van der Waals surface area contributed by atoms with Gasteiger partial charge in [0.2, 0.25) is 9.84 Å². The number of halogens is 1. The molecule has 0 heterocycles. The van der Waals surface area contributed by atoms with Crippen molar-refractivity contribution >= 4 is 38.7 Å². The van der Waals surface area contributed by atoms with Gasteiger partial charge in [-0.25, -0.2) is 8.42 Å². The largest absolute Gasteiger partial charge is 0.493 e. The van der Waals surface area contributed by atoms with Crippen molar-refractivity contribution in [1.29, 1.82) is 0 Å². The normalized spacial score (nSPS) is 11.0. The Morgan fingerprint density at radius 3 is 2.18 bits per heavy atom. The van der Waals surface area contributed by atoms with Crippen molar-refractivity contribution in [2.24, 2.45) is 0 Å². The third-order valence-corrected chi connectivity index (χ3v) is 5.51. The Balaban J connectivity index is 2.73. The molecule has 0 radical (unpaired) electrons. The zero-order chi connectivity index (χ0) is 16.3. The zero-order valence-corrected chi connectivity index (χ0v) is 14.8. The average molecular weight is 432 g/mol. The maximum atomic E-state index is 12.8. The third-order valence-electron chi connectivity index (χ3n) is 3.02. The van der Waals surface area contributed by atoms with Crippen LogP contribution in [0.1, 0.15) is 10.4 Å². The molecule has 0 aliphatic rings. The summed E-state index contributed by atoms with van der Waals surface area (Å²) in [6.45, 7) is 0. The van der Waals surface area contributed by atoms with Crippen LogP contribution in [0.3, 0.4) is 0 Å². The molecule has 0 N–H and O–H groups in total. The fraction of sp³-hybridized carbons (Fsp3) is 0.133. The minimum Gasteiger partial charge on any atom is -0.493 e. The Kier molecular flexibility index (Phi) is 5.07. The summed E-state index contributed by atoms with van der Waals surface area (Å²) in [7, 11) is -1.10. The molecule has 0 bridgehead atoms. The fourth-order valence-electron chi connectivity index (χ4n) is 1.96. The Morgan fingerprint density at radius 2 is 1.68 bits per heavy atom. The second-order valence-corrected chi connectivity index (χ2v) is 7.49. The zero-order valence-electron chi connectivity index (χ0n) is 11.9. The van der Waals surface area contributed by atoms with Crippen LogP contribution in [0.15, 0.2) is 46.2 Å². The number of aldehydes is 1. The van der Waals surface area contributed by atoms with Crippen molar-refractivity contribution in [3.8, 4) is 11.5 Å². The number of hydrogen-bond donors (Lipinski definition) is 0. The molecule has 0 saturated heterocycles. The van der Waals surface area contributed by atoms with Crippen LogP contribution in [0.4, 0.5) is 0 Å².